The number of hydrogen-bond acceptors (Lipinski definition) is 2. The molecule has 0 aromatic heterocycles. The smallest absolute Gasteiger partial charge is 0.255 e. The van der Waals surface area contributed by atoms with Gasteiger partial charge in [0.1, 0.15) is 5.75 Å². The minimum atomic E-state index is -0.259. The molecule has 4 heteroatoms. The summed E-state index contributed by atoms with van der Waals surface area (Å²) in [6, 6.07) is 4.85. The highest BCUT2D eigenvalue weighted by Gasteiger charge is 2.11. The second-order valence-corrected chi connectivity index (χ2v) is 4.21. The number of phenols is 1. The summed E-state index contributed by atoms with van der Waals surface area (Å²) in [4.78, 5) is 11.5. The fraction of sp³-hybridized carbons (Fsp3) is 0.300. The first-order valence-corrected chi connectivity index (χ1v) is 5.09. The molecule has 0 aliphatic carbocycles. The minimum Gasteiger partial charge on any atom is -0.507 e. The van der Waals surface area contributed by atoms with Gasteiger partial charge in [-0.1, -0.05) is 15.9 Å². The molecule has 1 rings (SSSR count). The number of carbonyl (C=O) groups is 1. The summed E-state index contributed by atoms with van der Waals surface area (Å²) in [7, 11) is 0. The second-order valence-electron chi connectivity index (χ2n) is 3.29. The van der Waals surface area contributed by atoms with E-state index in [1.807, 2.05) is 13.8 Å². The van der Waals surface area contributed by atoms with Gasteiger partial charge >= 0.3 is 0 Å². The largest absolute Gasteiger partial charge is 0.507 e. The number of benzene rings is 1. The molecule has 0 aliphatic heterocycles. The SMILES string of the molecule is CC(C)NC(=O)c1ccc(Br)cc1O. The monoisotopic (exact) mass is 257 g/mol. The molecule has 0 aliphatic rings. The van der Waals surface area contributed by atoms with Gasteiger partial charge in [0.2, 0.25) is 0 Å². The first-order valence-electron chi connectivity index (χ1n) is 4.30. The van der Waals surface area contributed by atoms with Crippen molar-refractivity contribution in [2.75, 3.05) is 0 Å². The van der Waals surface area contributed by atoms with E-state index in [-0.39, 0.29) is 17.7 Å². The van der Waals surface area contributed by atoms with Crippen LogP contribution in [0.25, 0.3) is 0 Å². The lowest BCUT2D eigenvalue weighted by Gasteiger charge is -2.09. The van der Waals surface area contributed by atoms with Crippen molar-refractivity contribution in [2.45, 2.75) is 19.9 Å². The molecule has 0 saturated heterocycles. The number of aromatic hydroxyl groups is 1. The van der Waals surface area contributed by atoms with Crippen molar-refractivity contribution >= 4 is 21.8 Å². The van der Waals surface area contributed by atoms with E-state index in [4.69, 9.17) is 0 Å². The van der Waals surface area contributed by atoms with Crippen LogP contribution in [0, 0.1) is 0 Å². The van der Waals surface area contributed by atoms with E-state index in [9.17, 15) is 9.90 Å². The summed E-state index contributed by atoms with van der Waals surface area (Å²) in [5, 5.41) is 12.2. The van der Waals surface area contributed by atoms with Crippen LogP contribution in [0.4, 0.5) is 0 Å². The predicted octanol–water partition coefficient (Wildman–Crippen LogP) is 2.29. The Bertz CT molecular complexity index is 350. The maximum Gasteiger partial charge on any atom is 0.255 e. The van der Waals surface area contributed by atoms with E-state index in [0.29, 0.717) is 5.56 Å². The molecular weight excluding hydrogens is 246 g/mol. The Morgan fingerprint density at radius 3 is 2.64 bits per heavy atom. The van der Waals surface area contributed by atoms with Crippen LogP contribution < -0.4 is 5.32 Å². The first kappa shape index (κ1) is 11.0. The van der Waals surface area contributed by atoms with Crippen molar-refractivity contribution in [3.05, 3.63) is 28.2 Å². The zero-order valence-corrected chi connectivity index (χ0v) is 9.63. The van der Waals surface area contributed by atoms with Crippen LogP contribution in [-0.4, -0.2) is 17.1 Å². The summed E-state index contributed by atoms with van der Waals surface area (Å²) < 4.78 is 0.746. The summed E-state index contributed by atoms with van der Waals surface area (Å²) >= 11 is 3.20. The summed E-state index contributed by atoms with van der Waals surface area (Å²) in [5.41, 5.74) is 0.293. The second kappa shape index (κ2) is 4.46. The highest BCUT2D eigenvalue weighted by atomic mass is 79.9. The van der Waals surface area contributed by atoms with E-state index in [2.05, 4.69) is 21.2 Å². The molecule has 14 heavy (non-hydrogen) atoms. The number of phenolic OH excluding ortho intramolecular Hbond substituents is 1. The lowest BCUT2D eigenvalue weighted by Crippen LogP contribution is -2.30. The molecule has 1 aromatic carbocycles. The number of halogens is 1. The van der Waals surface area contributed by atoms with Crippen molar-refractivity contribution in [1.82, 2.24) is 5.32 Å². The number of carbonyl (C=O) groups excluding carboxylic acids is 1. The fourth-order valence-electron chi connectivity index (χ4n) is 1.04. The Labute approximate surface area is 91.3 Å². The van der Waals surface area contributed by atoms with Gasteiger partial charge in [-0.2, -0.15) is 0 Å². The first-order chi connectivity index (χ1) is 6.50. The maximum absolute atomic E-state index is 11.5. The molecule has 0 bridgehead atoms. The van der Waals surface area contributed by atoms with Gasteiger partial charge < -0.3 is 10.4 Å². The van der Waals surface area contributed by atoms with Gasteiger partial charge in [0.15, 0.2) is 0 Å². The zero-order valence-electron chi connectivity index (χ0n) is 8.04. The van der Waals surface area contributed by atoms with Gasteiger partial charge in [-0.25, -0.2) is 0 Å². The molecule has 0 radical (unpaired) electrons. The van der Waals surface area contributed by atoms with E-state index < -0.39 is 0 Å². The van der Waals surface area contributed by atoms with Crippen molar-refractivity contribution in [3.8, 4) is 5.75 Å². The molecule has 0 spiro atoms. The zero-order chi connectivity index (χ0) is 10.7. The van der Waals surface area contributed by atoms with Gasteiger partial charge in [0.25, 0.3) is 5.91 Å². The topological polar surface area (TPSA) is 49.3 Å². The third-order valence-corrected chi connectivity index (χ3v) is 2.12. The van der Waals surface area contributed by atoms with Crippen LogP contribution >= 0.6 is 15.9 Å². The molecule has 0 unspecified atom stereocenters. The summed E-state index contributed by atoms with van der Waals surface area (Å²) in [6.07, 6.45) is 0. The Hall–Kier alpha value is -1.03. The van der Waals surface area contributed by atoms with Gasteiger partial charge in [0.05, 0.1) is 5.56 Å². The van der Waals surface area contributed by atoms with Gasteiger partial charge in [-0.15, -0.1) is 0 Å². The third kappa shape index (κ3) is 2.73. The molecule has 0 saturated carbocycles. The van der Waals surface area contributed by atoms with E-state index >= 15 is 0 Å². The Morgan fingerprint density at radius 1 is 1.50 bits per heavy atom. The van der Waals surface area contributed by atoms with Crippen molar-refractivity contribution < 1.29 is 9.90 Å². The summed E-state index contributed by atoms with van der Waals surface area (Å²) in [6.45, 7) is 3.74. The third-order valence-electron chi connectivity index (χ3n) is 1.62. The number of nitrogens with one attached hydrogen (secondary N) is 1. The molecule has 0 atom stereocenters. The maximum atomic E-state index is 11.5. The normalized spacial score (nSPS) is 10.3. The lowest BCUT2D eigenvalue weighted by atomic mass is 10.2. The van der Waals surface area contributed by atoms with Crippen LogP contribution in [0.2, 0.25) is 0 Å². The quantitative estimate of drug-likeness (QED) is 0.855. The van der Waals surface area contributed by atoms with E-state index in [1.54, 1.807) is 12.1 Å². The Kier molecular flexibility index (Phi) is 3.52. The minimum absolute atomic E-state index is 0.0162. The van der Waals surface area contributed by atoms with Gasteiger partial charge in [-0.05, 0) is 32.0 Å². The molecule has 1 aromatic rings. The number of rotatable bonds is 2. The molecule has 76 valence electrons. The van der Waals surface area contributed by atoms with E-state index in [1.165, 1.54) is 6.07 Å². The van der Waals surface area contributed by atoms with Crippen LogP contribution in [0.15, 0.2) is 22.7 Å². The van der Waals surface area contributed by atoms with Crippen LogP contribution in [0.1, 0.15) is 24.2 Å². The number of amides is 1. The van der Waals surface area contributed by atoms with Crippen molar-refractivity contribution in [1.29, 1.82) is 0 Å². The average molecular weight is 258 g/mol. The number of hydrogen-bond donors (Lipinski definition) is 2. The highest BCUT2D eigenvalue weighted by molar-refractivity contribution is 9.10. The molecule has 0 heterocycles. The molecular formula is C10H12BrNO2. The van der Waals surface area contributed by atoms with Gasteiger partial charge in [-0.3, -0.25) is 4.79 Å². The molecule has 3 nitrogen and oxygen atoms in total. The Balaban J connectivity index is 2.90. The standard InChI is InChI=1S/C10H12BrNO2/c1-6(2)12-10(14)8-4-3-7(11)5-9(8)13/h3-6,13H,1-2H3,(H,12,14). The van der Waals surface area contributed by atoms with Crippen LogP contribution in [-0.2, 0) is 0 Å². The highest BCUT2D eigenvalue weighted by Crippen LogP contribution is 2.22. The average Bonchev–Trinajstić information content (AvgIpc) is 2.01. The van der Waals surface area contributed by atoms with Gasteiger partial charge in [0, 0.05) is 10.5 Å². The molecule has 1 amide bonds. The van der Waals surface area contributed by atoms with E-state index in [0.717, 1.165) is 4.47 Å². The van der Waals surface area contributed by atoms with Crippen molar-refractivity contribution in [2.24, 2.45) is 0 Å². The lowest BCUT2D eigenvalue weighted by molar-refractivity contribution is 0.0940. The van der Waals surface area contributed by atoms with Crippen LogP contribution in [0.3, 0.4) is 0 Å². The molecule has 0 fully saturated rings. The molecule has 2 N–H and O–H groups in total. The van der Waals surface area contributed by atoms with Crippen molar-refractivity contribution in [3.63, 3.8) is 0 Å². The van der Waals surface area contributed by atoms with Crippen LogP contribution in [0.5, 0.6) is 5.75 Å². The fourth-order valence-corrected chi connectivity index (χ4v) is 1.39. The predicted molar refractivity (Wildman–Crippen MR) is 58.4 cm³/mol. The Morgan fingerprint density at radius 2 is 2.14 bits per heavy atom. The summed E-state index contributed by atoms with van der Waals surface area (Å²) in [5.74, 6) is -0.275.